The van der Waals surface area contributed by atoms with Gasteiger partial charge in [-0.1, -0.05) is 13.3 Å². The summed E-state index contributed by atoms with van der Waals surface area (Å²) >= 11 is 0. The van der Waals surface area contributed by atoms with Gasteiger partial charge in [0.2, 0.25) is 0 Å². The minimum atomic E-state index is -0.519. The van der Waals surface area contributed by atoms with Crippen LogP contribution in [0, 0.1) is 12.7 Å². The van der Waals surface area contributed by atoms with Gasteiger partial charge in [-0.15, -0.1) is 0 Å². The Morgan fingerprint density at radius 3 is 2.69 bits per heavy atom. The third kappa shape index (κ3) is 4.27. The molecule has 0 amide bonds. The molecule has 2 aromatic carbocycles. The van der Waals surface area contributed by atoms with Gasteiger partial charge >= 0.3 is 0 Å². The van der Waals surface area contributed by atoms with Crippen molar-refractivity contribution in [1.29, 1.82) is 0 Å². The van der Waals surface area contributed by atoms with E-state index in [4.69, 9.17) is 14.5 Å². The van der Waals surface area contributed by atoms with Crippen molar-refractivity contribution in [3.63, 3.8) is 0 Å². The van der Waals surface area contributed by atoms with E-state index in [2.05, 4.69) is 15.1 Å². The summed E-state index contributed by atoms with van der Waals surface area (Å²) in [4.78, 5) is 7.10. The van der Waals surface area contributed by atoms with Gasteiger partial charge in [0.05, 0.1) is 12.8 Å². The minimum absolute atomic E-state index is 0.0641. The maximum atomic E-state index is 16.2. The molecule has 2 aromatic heterocycles. The summed E-state index contributed by atoms with van der Waals surface area (Å²) < 4.78 is 27.7. The Labute approximate surface area is 203 Å². The van der Waals surface area contributed by atoms with E-state index in [1.807, 2.05) is 26.0 Å². The fourth-order valence-electron chi connectivity index (χ4n) is 5.01. The molecule has 1 aliphatic rings. The Bertz CT molecular complexity index is 1380. The van der Waals surface area contributed by atoms with E-state index in [0.717, 1.165) is 36.3 Å². The molecule has 0 aliphatic carbocycles. The van der Waals surface area contributed by atoms with Crippen LogP contribution in [0.2, 0.25) is 0 Å². The quantitative estimate of drug-likeness (QED) is 0.372. The van der Waals surface area contributed by atoms with Crippen molar-refractivity contribution in [2.75, 3.05) is 33.4 Å². The summed E-state index contributed by atoms with van der Waals surface area (Å²) in [5.74, 6) is 0.122. The predicted molar refractivity (Wildman–Crippen MR) is 135 cm³/mol. The number of aromatic hydroxyl groups is 1. The molecule has 35 heavy (non-hydrogen) atoms. The highest BCUT2D eigenvalue weighted by atomic mass is 19.1. The molecule has 1 fully saturated rings. The molecule has 0 atom stereocenters. The normalized spacial score (nSPS) is 14.6. The molecule has 2 N–H and O–H groups in total. The molecule has 0 unspecified atom stereocenters. The lowest BCUT2D eigenvalue weighted by molar-refractivity contribution is 0.180. The number of piperidine rings is 1. The van der Waals surface area contributed by atoms with E-state index in [1.165, 1.54) is 26.4 Å². The largest absolute Gasteiger partial charge is 0.508 e. The molecule has 1 saturated heterocycles. The van der Waals surface area contributed by atoms with Crippen molar-refractivity contribution in [3.8, 4) is 28.5 Å². The van der Waals surface area contributed by atoms with Crippen LogP contribution in [-0.2, 0) is 6.42 Å². The number of aromatic amines is 1. The number of fused-ring (bicyclic) bond motifs is 3. The van der Waals surface area contributed by atoms with Gasteiger partial charge in [0, 0.05) is 34.0 Å². The number of phenols is 1. The molecule has 5 rings (SSSR count). The molecule has 8 heteroatoms. The van der Waals surface area contributed by atoms with Crippen LogP contribution in [0.3, 0.4) is 0 Å². The van der Waals surface area contributed by atoms with E-state index in [0.29, 0.717) is 46.5 Å². The van der Waals surface area contributed by atoms with E-state index < -0.39 is 5.82 Å². The van der Waals surface area contributed by atoms with Gasteiger partial charge in [0.25, 0.3) is 0 Å². The Balaban J connectivity index is 1.65. The number of nitrogens with one attached hydrogen (secondary N) is 1. The number of pyridine rings is 1. The molecule has 7 nitrogen and oxygen atoms in total. The second-order valence-corrected chi connectivity index (χ2v) is 9.10. The number of benzene rings is 2. The number of aromatic nitrogens is 3. The molecule has 4 aromatic rings. The SMILES string of the molecule is CCc1cc(-c2nc3n[nH]c(C)c3c3cc(OCCN4CCCCC4)c(OC)c(F)c23)ccc1O. The van der Waals surface area contributed by atoms with Crippen LogP contribution in [0.25, 0.3) is 33.1 Å². The van der Waals surface area contributed by atoms with E-state index in [9.17, 15) is 5.11 Å². The number of halogens is 1. The van der Waals surface area contributed by atoms with Crippen LogP contribution in [0.1, 0.15) is 37.4 Å². The molecule has 3 heterocycles. The van der Waals surface area contributed by atoms with Gasteiger partial charge in [0.1, 0.15) is 12.4 Å². The van der Waals surface area contributed by atoms with Crippen LogP contribution < -0.4 is 9.47 Å². The van der Waals surface area contributed by atoms with Crippen LogP contribution in [0.5, 0.6) is 17.2 Å². The number of hydrogen-bond donors (Lipinski definition) is 2. The first-order valence-electron chi connectivity index (χ1n) is 12.2. The second kappa shape index (κ2) is 9.70. The lowest BCUT2D eigenvalue weighted by Gasteiger charge is -2.26. The average molecular weight is 479 g/mol. The van der Waals surface area contributed by atoms with Gasteiger partial charge in [-0.05, 0) is 69.1 Å². The topological polar surface area (TPSA) is 83.5 Å². The zero-order valence-corrected chi connectivity index (χ0v) is 20.4. The summed E-state index contributed by atoms with van der Waals surface area (Å²) in [7, 11) is 1.45. The smallest absolute Gasteiger partial charge is 0.197 e. The fourth-order valence-corrected chi connectivity index (χ4v) is 5.01. The number of rotatable bonds is 7. The Morgan fingerprint density at radius 2 is 1.94 bits per heavy atom. The Morgan fingerprint density at radius 1 is 1.14 bits per heavy atom. The summed E-state index contributed by atoms with van der Waals surface area (Å²) in [6.45, 7) is 7.24. The number of nitrogens with zero attached hydrogens (tertiary/aromatic N) is 3. The van der Waals surface area contributed by atoms with Crippen LogP contribution in [0.4, 0.5) is 4.39 Å². The maximum Gasteiger partial charge on any atom is 0.197 e. The zero-order valence-electron chi connectivity index (χ0n) is 20.4. The third-order valence-electron chi connectivity index (χ3n) is 6.89. The third-order valence-corrected chi connectivity index (χ3v) is 6.89. The lowest BCUT2D eigenvalue weighted by Crippen LogP contribution is -2.33. The van der Waals surface area contributed by atoms with E-state index in [1.54, 1.807) is 12.1 Å². The number of methoxy groups -OCH3 is 1. The monoisotopic (exact) mass is 478 g/mol. The molecular formula is C27H31FN4O3. The number of H-pyrrole nitrogens is 1. The Hall–Kier alpha value is -3.39. The van der Waals surface area contributed by atoms with Crippen LogP contribution in [0.15, 0.2) is 24.3 Å². The second-order valence-electron chi connectivity index (χ2n) is 9.10. The van der Waals surface area contributed by atoms with E-state index >= 15 is 4.39 Å². The molecule has 184 valence electrons. The van der Waals surface area contributed by atoms with E-state index in [-0.39, 0.29) is 11.5 Å². The Kier molecular flexibility index (Phi) is 6.47. The molecule has 1 aliphatic heterocycles. The fraction of sp³-hybridized carbons (Fsp3) is 0.407. The molecule has 0 saturated carbocycles. The number of aryl methyl sites for hydroxylation is 2. The standard InChI is InChI=1S/C27H31FN4O3/c1-4-17-14-18(8-9-20(17)33)25-23-19(22-16(2)30-31-27(22)29-25)15-21(26(34-3)24(23)28)35-13-12-32-10-6-5-7-11-32/h8-9,14-15,33H,4-7,10-13H2,1-3H3,(H,29,30,31). The van der Waals surface area contributed by atoms with Crippen molar-refractivity contribution in [2.45, 2.75) is 39.5 Å². The number of hydrogen-bond acceptors (Lipinski definition) is 6. The van der Waals surface area contributed by atoms with Crippen molar-refractivity contribution >= 4 is 21.8 Å². The first-order valence-corrected chi connectivity index (χ1v) is 12.2. The van der Waals surface area contributed by atoms with Crippen molar-refractivity contribution < 1.29 is 19.0 Å². The lowest BCUT2D eigenvalue weighted by atomic mass is 9.98. The average Bonchev–Trinajstić information content (AvgIpc) is 3.25. The summed E-state index contributed by atoms with van der Waals surface area (Å²) in [5.41, 5.74) is 3.21. The van der Waals surface area contributed by atoms with Gasteiger partial charge in [-0.3, -0.25) is 10.00 Å². The zero-order chi connectivity index (χ0) is 24.5. The predicted octanol–water partition coefficient (Wildman–Crippen LogP) is 5.37. The van der Waals surface area contributed by atoms with Gasteiger partial charge in [0.15, 0.2) is 23.0 Å². The van der Waals surface area contributed by atoms with Crippen molar-refractivity contribution in [2.24, 2.45) is 0 Å². The first-order chi connectivity index (χ1) is 17.0. The number of likely N-dealkylation sites (tertiary alicyclic amines) is 1. The minimum Gasteiger partial charge on any atom is -0.508 e. The van der Waals surface area contributed by atoms with Gasteiger partial charge in [-0.25, -0.2) is 9.37 Å². The summed E-state index contributed by atoms with van der Waals surface area (Å²) in [6.07, 6.45) is 4.33. The maximum absolute atomic E-state index is 16.2. The van der Waals surface area contributed by atoms with Crippen molar-refractivity contribution in [3.05, 3.63) is 41.3 Å². The van der Waals surface area contributed by atoms with Crippen molar-refractivity contribution in [1.82, 2.24) is 20.1 Å². The van der Waals surface area contributed by atoms with Gasteiger partial charge < -0.3 is 14.6 Å². The molecule has 0 radical (unpaired) electrons. The van der Waals surface area contributed by atoms with Crippen LogP contribution >= 0.6 is 0 Å². The molecular weight excluding hydrogens is 447 g/mol. The molecule has 0 bridgehead atoms. The number of ether oxygens (including phenoxy) is 2. The summed E-state index contributed by atoms with van der Waals surface area (Å²) in [6, 6.07) is 7.05. The van der Waals surface area contributed by atoms with Crippen LogP contribution in [-0.4, -0.2) is 58.5 Å². The van der Waals surface area contributed by atoms with Gasteiger partial charge in [-0.2, -0.15) is 5.10 Å². The highest BCUT2D eigenvalue weighted by molar-refractivity contribution is 6.12. The number of phenolic OH excluding ortho intramolecular Hbond substituents is 1. The molecule has 0 spiro atoms. The summed E-state index contributed by atoms with van der Waals surface area (Å²) in [5, 5.41) is 19.3. The highest BCUT2D eigenvalue weighted by Crippen LogP contribution is 2.43. The highest BCUT2D eigenvalue weighted by Gasteiger charge is 2.24. The first kappa shape index (κ1) is 23.4.